The van der Waals surface area contributed by atoms with Crippen LogP contribution in [-0.4, -0.2) is 5.11 Å². The summed E-state index contributed by atoms with van der Waals surface area (Å²) in [5.41, 5.74) is 8.66. The first-order valence-electron chi connectivity index (χ1n) is 5.63. The van der Waals surface area contributed by atoms with Crippen molar-refractivity contribution >= 4 is 5.69 Å². The van der Waals surface area contributed by atoms with Crippen molar-refractivity contribution < 1.29 is 5.11 Å². The molecule has 0 heterocycles. The van der Waals surface area contributed by atoms with Gasteiger partial charge in [-0.2, -0.15) is 0 Å². The van der Waals surface area contributed by atoms with Crippen LogP contribution >= 0.6 is 0 Å². The smallest absolute Gasteiger partial charge is 0.0809 e. The molecule has 0 saturated heterocycles. The largest absolute Gasteiger partial charge is 0.398 e. The summed E-state index contributed by atoms with van der Waals surface area (Å²) in [5.74, 6) is 0.471. The van der Waals surface area contributed by atoms with Gasteiger partial charge in [-0.3, -0.25) is 0 Å². The number of hydrogen-bond donors (Lipinski definition) is 2. The third kappa shape index (κ3) is 2.96. The number of nitrogens with two attached hydrogens (primary N) is 1. The van der Waals surface area contributed by atoms with Crippen molar-refractivity contribution in [3.63, 3.8) is 0 Å². The molecular weight excluding hydrogens is 186 g/mol. The molecule has 0 aliphatic rings. The first kappa shape index (κ1) is 12.1. The number of anilines is 1. The Morgan fingerprint density at radius 1 is 1.33 bits per heavy atom. The number of aliphatic hydroxyl groups is 1. The Morgan fingerprint density at radius 2 is 2.00 bits per heavy atom. The maximum atomic E-state index is 9.93. The quantitative estimate of drug-likeness (QED) is 0.745. The van der Waals surface area contributed by atoms with Gasteiger partial charge in [0.05, 0.1) is 6.10 Å². The molecule has 15 heavy (non-hydrogen) atoms. The van der Waals surface area contributed by atoms with Gasteiger partial charge in [0.25, 0.3) is 0 Å². The van der Waals surface area contributed by atoms with Gasteiger partial charge < -0.3 is 10.8 Å². The minimum Gasteiger partial charge on any atom is -0.398 e. The van der Waals surface area contributed by atoms with Crippen LogP contribution in [0.2, 0.25) is 0 Å². The lowest BCUT2D eigenvalue weighted by Crippen LogP contribution is -2.03. The van der Waals surface area contributed by atoms with E-state index in [1.165, 1.54) is 5.56 Å². The fourth-order valence-electron chi connectivity index (χ4n) is 1.67. The average Bonchev–Trinajstić information content (AvgIpc) is 2.18. The van der Waals surface area contributed by atoms with E-state index in [0.29, 0.717) is 11.6 Å². The van der Waals surface area contributed by atoms with Crippen LogP contribution in [0.3, 0.4) is 0 Å². The Labute approximate surface area is 92.1 Å². The Balaban J connectivity index is 2.99. The van der Waals surface area contributed by atoms with Crippen LogP contribution in [-0.2, 0) is 0 Å². The van der Waals surface area contributed by atoms with Gasteiger partial charge in [-0.25, -0.2) is 0 Å². The first-order chi connectivity index (χ1) is 7.06. The molecule has 0 amide bonds. The summed E-state index contributed by atoms with van der Waals surface area (Å²) >= 11 is 0. The number of hydrogen-bond acceptors (Lipinski definition) is 2. The van der Waals surface area contributed by atoms with Gasteiger partial charge in [0.1, 0.15) is 0 Å². The van der Waals surface area contributed by atoms with Crippen molar-refractivity contribution in [2.45, 2.75) is 45.6 Å². The lowest BCUT2D eigenvalue weighted by molar-refractivity contribution is 0.167. The lowest BCUT2D eigenvalue weighted by Gasteiger charge is -2.15. The van der Waals surface area contributed by atoms with Crippen LogP contribution in [0.15, 0.2) is 18.2 Å². The number of rotatable bonds is 4. The van der Waals surface area contributed by atoms with Crippen molar-refractivity contribution in [3.8, 4) is 0 Å². The molecule has 0 radical (unpaired) electrons. The van der Waals surface area contributed by atoms with Crippen molar-refractivity contribution in [2.75, 3.05) is 5.73 Å². The second-order valence-electron chi connectivity index (χ2n) is 4.35. The highest BCUT2D eigenvalue weighted by atomic mass is 16.3. The maximum Gasteiger partial charge on any atom is 0.0809 e. The minimum absolute atomic E-state index is 0.423. The van der Waals surface area contributed by atoms with E-state index < -0.39 is 6.10 Å². The molecule has 84 valence electrons. The predicted molar refractivity (Wildman–Crippen MR) is 64.8 cm³/mol. The summed E-state index contributed by atoms with van der Waals surface area (Å²) < 4.78 is 0. The van der Waals surface area contributed by atoms with E-state index in [9.17, 15) is 5.11 Å². The Kier molecular flexibility index (Phi) is 4.15. The normalized spacial score (nSPS) is 13.1. The molecule has 0 aromatic heterocycles. The molecule has 0 aliphatic carbocycles. The zero-order chi connectivity index (χ0) is 11.4. The second-order valence-corrected chi connectivity index (χ2v) is 4.35. The third-order valence-corrected chi connectivity index (χ3v) is 2.70. The van der Waals surface area contributed by atoms with Gasteiger partial charge in [-0.1, -0.05) is 39.3 Å². The molecule has 0 bridgehead atoms. The summed E-state index contributed by atoms with van der Waals surface area (Å²) in [6.45, 7) is 6.34. The topological polar surface area (TPSA) is 46.2 Å². The monoisotopic (exact) mass is 207 g/mol. The molecule has 0 fully saturated rings. The van der Waals surface area contributed by atoms with E-state index in [0.717, 1.165) is 18.4 Å². The van der Waals surface area contributed by atoms with Gasteiger partial charge in [-0.05, 0) is 24.0 Å². The molecule has 2 nitrogen and oxygen atoms in total. The maximum absolute atomic E-state index is 9.93. The van der Waals surface area contributed by atoms with Crippen molar-refractivity contribution in [3.05, 3.63) is 29.3 Å². The van der Waals surface area contributed by atoms with Crippen LogP contribution in [0.4, 0.5) is 5.69 Å². The van der Waals surface area contributed by atoms with Crippen molar-refractivity contribution in [1.29, 1.82) is 0 Å². The first-order valence-corrected chi connectivity index (χ1v) is 5.63. The van der Waals surface area contributed by atoms with E-state index >= 15 is 0 Å². The molecule has 1 rings (SSSR count). The fraction of sp³-hybridized carbons (Fsp3) is 0.538. The minimum atomic E-state index is -0.423. The molecular formula is C13H21NO. The molecule has 1 aromatic carbocycles. The summed E-state index contributed by atoms with van der Waals surface area (Å²) in [7, 11) is 0. The highest BCUT2D eigenvalue weighted by molar-refractivity contribution is 5.50. The van der Waals surface area contributed by atoms with Gasteiger partial charge in [0, 0.05) is 11.3 Å². The highest BCUT2D eigenvalue weighted by Gasteiger charge is 2.11. The fourth-order valence-corrected chi connectivity index (χ4v) is 1.67. The Bertz CT molecular complexity index is 320. The van der Waals surface area contributed by atoms with Crippen molar-refractivity contribution in [2.24, 2.45) is 0 Å². The van der Waals surface area contributed by atoms with Gasteiger partial charge in [0.2, 0.25) is 0 Å². The van der Waals surface area contributed by atoms with Crippen LogP contribution in [0.1, 0.15) is 56.8 Å². The molecule has 1 aromatic rings. The van der Waals surface area contributed by atoms with Crippen LogP contribution in [0.25, 0.3) is 0 Å². The molecule has 0 spiro atoms. The van der Waals surface area contributed by atoms with E-state index in [1.54, 1.807) is 0 Å². The Hall–Kier alpha value is -1.02. The van der Waals surface area contributed by atoms with Crippen LogP contribution in [0.5, 0.6) is 0 Å². The number of benzene rings is 1. The zero-order valence-electron chi connectivity index (χ0n) is 9.83. The molecule has 0 saturated carbocycles. The summed E-state index contributed by atoms with van der Waals surface area (Å²) in [4.78, 5) is 0. The van der Waals surface area contributed by atoms with E-state index in [2.05, 4.69) is 20.8 Å². The lowest BCUT2D eigenvalue weighted by atomic mass is 9.96. The third-order valence-electron chi connectivity index (χ3n) is 2.70. The second kappa shape index (κ2) is 5.17. The summed E-state index contributed by atoms with van der Waals surface area (Å²) in [6.07, 6.45) is 1.31. The molecule has 3 N–H and O–H groups in total. The molecule has 0 aliphatic heterocycles. The van der Waals surface area contributed by atoms with E-state index in [1.807, 2.05) is 18.2 Å². The van der Waals surface area contributed by atoms with E-state index in [-0.39, 0.29) is 0 Å². The summed E-state index contributed by atoms with van der Waals surface area (Å²) in [6, 6.07) is 5.95. The number of aliphatic hydroxyl groups excluding tert-OH is 1. The average molecular weight is 207 g/mol. The Morgan fingerprint density at radius 3 is 2.53 bits per heavy atom. The SMILES string of the molecule is CCCC(O)c1cc(C(C)C)ccc1N. The molecule has 2 heteroatoms. The predicted octanol–water partition coefficient (Wildman–Crippen LogP) is 3.23. The molecule has 1 unspecified atom stereocenters. The van der Waals surface area contributed by atoms with Crippen molar-refractivity contribution in [1.82, 2.24) is 0 Å². The van der Waals surface area contributed by atoms with E-state index in [4.69, 9.17) is 5.73 Å². The van der Waals surface area contributed by atoms with Crippen LogP contribution in [0, 0.1) is 0 Å². The number of nitrogen functional groups attached to an aromatic ring is 1. The molecule has 1 atom stereocenters. The standard InChI is InChI=1S/C13H21NO/c1-4-5-13(15)11-8-10(9(2)3)6-7-12(11)14/h6-9,13,15H,4-5,14H2,1-3H3. The summed E-state index contributed by atoms with van der Waals surface area (Å²) in [5, 5.41) is 9.93. The highest BCUT2D eigenvalue weighted by Crippen LogP contribution is 2.27. The zero-order valence-corrected chi connectivity index (χ0v) is 9.83. The van der Waals surface area contributed by atoms with Gasteiger partial charge in [0.15, 0.2) is 0 Å². The van der Waals surface area contributed by atoms with Crippen LogP contribution < -0.4 is 5.73 Å². The van der Waals surface area contributed by atoms with Gasteiger partial charge in [-0.15, -0.1) is 0 Å². The van der Waals surface area contributed by atoms with Gasteiger partial charge >= 0.3 is 0 Å².